The van der Waals surface area contributed by atoms with E-state index in [1.165, 1.54) is 19.4 Å². The number of phenols is 1. The molecule has 1 aromatic carbocycles. The molecule has 100 valence electrons. The van der Waals surface area contributed by atoms with Crippen LogP contribution in [0.1, 0.15) is 18.4 Å². The van der Waals surface area contributed by atoms with Gasteiger partial charge in [-0.15, -0.1) is 0 Å². The molecule has 0 aliphatic carbocycles. The van der Waals surface area contributed by atoms with Crippen molar-refractivity contribution >= 4 is 11.6 Å². The Morgan fingerprint density at radius 3 is 3.06 bits per heavy atom. The molecule has 2 N–H and O–H groups in total. The van der Waals surface area contributed by atoms with E-state index in [0.29, 0.717) is 17.5 Å². The Morgan fingerprint density at radius 2 is 2.33 bits per heavy atom. The number of hydrogen-bond acceptors (Lipinski definition) is 3. The Labute approximate surface area is 114 Å². The minimum absolute atomic E-state index is 0.274. The summed E-state index contributed by atoms with van der Waals surface area (Å²) in [5.74, 6) is 0.976. The SMILES string of the molecule is CN1CCCC(CNCc2c(O)cccc2Cl)C1. The minimum Gasteiger partial charge on any atom is -0.508 e. The van der Waals surface area contributed by atoms with Crippen LogP contribution in [-0.4, -0.2) is 36.7 Å². The second-order valence-electron chi connectivity index (χ2n) is 5.14. The zero-order chi connectivity index (χ0) is 13.0. The zero-order valence-corrected chi connectivity index (χ0v) is 11.6. The molecule has 18 heavy (non-hydrogen) atoms. The average molecular weight is 269 g/mol. The fraction of sp³-hybridized carbons (Fsp3) is 0.571. The molecule has 2 rings (SSSR count). The standard InChI is InChI=1S/C14H21ClN2O/c1-17-7-3-4-11(10-17)8-16-9-12-13(15)5-2-6-14(12)18/h2,5-6,11,16,18H,3-4,7-10H2,1H3. The number of aromatic hydroxyl groups is 1. The van der Waals surface area contributed by atoms with E-state index in [9.17, 15) is 5.11 Å². The highest BCUT2D eigenvalue weighted by Gasteiger charge is 2.16. The number of nitrogens with one attached hydrogen (secondary N) is 1. The predicted octanol–water partition coefficient (Wildman–Crippen LogP) is 2.48. The molecule has 3 nitrogen and oxygen atoms in total. The van der Waals surface area contributed by atoms with Gasteiger partial charge in [0.25, 0.3) is 0 Å². The van der Waals surface area contributed by atoms with Crippen molar-refractivity contribution < 1.29 is 5.11 Å². The summed E-state index contributed by atoms with van der Waals surface area (Å²) in [6, 6.07) is 5.25. The third kappa shape index (κ3) is 3.61. The molecule has 1 aliphatic rings. The second-order valence-corrected chi connectivity index (χ2v) is 5.55. The fourth-order valence-electron chi connectivity index (χ4n) is 2.56. The van der Waals surface area contributed by atoms with Crippen LogP contribution in [0.3, 0.4) is 0 Å². The lowest BCUT2D eigenvalue weighted by Crippen LogP contribution is -2.37. The quantitative estimate of drug-likeness (QED) is 0.881. The van der Waals surface area contributed by atoms with Gasteiger partial charge in [-0.05, 0) is 51.0 Å². The first-order chi connectivity index (χ1) is 8.66. The first-order valence-corrected chi connectivity index (χ1v) is 6.90. The van der Waals surface area contributed by atoms with Crippen molar-refractivity contribution in [1.82, 2.24) is 10.2 Å². The maximum Gasteiger partial charge on any atom is 0.121 e. The molecule has 0 spiro atoms. The van der Waals surface area contributed by atoms with E-state index in [1.807, 2.05) is 6.07 Å². The highest BCUT2D eigenvalue weighted by molar-refractivity contribution is 6.31. The number of hydrogen-bond donors (Lipinski definition) is 2. The summed E-state index contributed by atoms with van der Waals surface area (Å²) in [6.07, 6.45) is 2.56. The molecule has 1 saturated heterocycles. The Balaban J connectivity index is 1.81. The maximum absolute atomic E-state index is 9.74. The maximum atomic E-state index is 9.74. The third-order valence-corrected chi connectivity index (χ3v) is 3.91. The number of phenolic OH excluding ortho intramolecular Hbond substituents is 1. The van der Waals surface area contributed by atoms with Crippen LogP contribution in [-0.2, 0) is 6.54 Å². The smallest absolute Gasteiger partial charge is 0.121 e. The number of rotatable bonds is 4. The van der Waals surface area contributed by atoms with Gasteiger partial charge in [-0.3, -0.25) is 0 Å². The largest absolute Gasteiger partial charge is 0.508 e. The summed E-state index contributed by atoms with van der Waals surface area (Å²) in [7, 11) is 2.17. The lowest BCUT2D eigenvalue weighted by atomic mass is 9.98. The Bertz CT molecular complexity index is 377. The number of likely N-dealkylation sites (tertiary alicyclic amines) is 1. The highest BCUT2D eigenvalue weighted by Crippen LogP contribution is 2.25. The second kappa shape index (κ2) is 6.41. The van der Waals surface area contributed by atoms with Crippen LogP contribution in [0.25, 0.3) is 0 Å². The molecule has 1 heterocycles. The van der Waals surface area contributed by atoms with Crippen LogP contribution in [0.15, 0.2) is 18.2 Å². The van der Waals surface area contributed by atoms with Gasteiger partial charge in [0.05, 0.1) is 0 Å². The number of nitrogens with zero attached hydrogens (tertiary/aromatic N) is 1. The van der Waals surface area contributed by atoms with Gasteiger partial charge in [0, 0.05) is 23.7 Å². The summed E-state index contributed by atoms with van der Waals surface area (Å²) in [4.78, 5) is 2.38. The fourth-order valence-corrected chi connectivity index (χ4v) is 2.80. The van der Waals surface area contributed by atoms with Gasteiger partial charge in [0.15, 0.2) is 0 Å². The molecule has 4 heteroatoms. The Hall–Kier alpha value is -0.770. The zero-order valence-electron chi connectivity index (χ0n) is 10.8. The number of benzene rings is 1. The van der Waals surface area contributed by atoms with Gasteiger partial charge >= 0.3 is 0 Å². The van der Waals surface area contributed by atoms with Crippen LogP contribution in [0.2, 0.25) is 5.02 Å². The van der Waals surface area contributed by atoms with Crippen LogP contribution >= 0.6 is 11.6 Å². The molecule has 1 fully saturated rings. The van der Waals surface area contributed by atoms with E-state index in [4.69, 9.17) is 11.6 Å². The van der Waals surface area contributed by atoms with Crippen molar-refractivity contribution in [1.29, 1.82) is 0 Å². The number of halogens is 1. The topological polar surface area (TPSA) is 35.5 Å². The van der Waals surface area contributed by atoms with Crippen LogP contribution in [0.4, 0.5) is 0 Å². The minimum atomic E-state index is 0.274. The van der Waals surface area contributed by atoms with Crippen molar-refractivity contribution in [2.24, 2.45) is 5.92 Å². The van der Waals surface area contributed by atoms with Crippen molar-refractivity contribution in [3.8, 4) is 5.75 Å². The van der Waals surface area contributed by atoms with Gasteiger partial charge in [-0.1, -0.05) is 17.7 Å². The van der Waals surface area contributed by atoms with Crippen molar-refractivity contribution in [2.45, 2.75) is 19.4 Å². The summed E-state index contributed by atoms with van der Waals surface area (Å²) in [6.45, 7) is 3.98. The molecular formula is C14H21ClN2O. The van der Waals surface area contributed by atoms with Crippen LogP contribution in [0.5, 0.6) is 5.75 Å². The molecule has 1 unspecified atom stereocenters. The lowest BCUT2D eigenvalue weighted by molar-refractivity contribution is 0.206. The summed E-state index contributed by atoms with van der Waals surface area (Å²) < 4.78 is 0. The van der Waals surface area contributed by atoms with E-state index in [1.54, 1.807) is 12.1 Å². The van der Waals surface area contributed by atoms with E-state index < -0.39 is 0 Å². The lowest BCUT2D eigenvalue weighted by Gasteiger charge is -2.29. The van der Waals surface area contributed by atoms with Crippen LogP contribution in [0, 0.1) is 5.92 Å². The Morgan fingerprint density at radius 1 is 1.50 bits per heavy atom. The molecule has 0 bridgehead atoms. The third-order valence-electron chi connectivity index (χ3n) is 3.55. The van der Waals surface area contributed by atoms with Gasteiger partial charge in [-0.25, -0.2) is 0 Å². The predicted molar refractivity (Wildman–Crippen MR) is 75.0 cm³/mol. The molecule has 1 aromatic rings. The van der Waals surface area contributed by atoms with Crippen molar-refractivity contribution in [3.63, 3.8) is 0 Å². The summed E-state index contributed by atoms with van der Waals surface area (Å²) >= 11 is 6.07. The van der Waals surface area contributed by atoms with Gasteiger partial charge in [-0.2, -0.15) is 0 Å². The molecule has 0 aromatic heterocycles. The molecule has 0 saturated carbocycles. The molecular weight excluding hydrogens is 248 g/mol. The van der Waals surface area contributed by atoms with Crippen molar-refractivity contribution in [3.05, 3.63) is 28.8 Å². The highest BCUT2D eigenvalue weighted by atomic mass is 35.5. The van der Waals surface area contributed by atoms with Crippen molar-refractivity contribution in [2.75, 3.05) is 26.7 Å². The summed E-state index contributed by atoms with van der Waals surface area (Å²) in [5, 5.41) is 13.8. The average Bonchev–Trinajstić information content (AvgIpc) is 2.33. The first kappa shape index (κ1) is 13.7. The van der Waals surface area contributed by atoms with E-state index in [2.05, 4.69) is 17.3 Å². The van der Waals surface area contributed by atoms with Gasteiger partial charge in [0.2, 0.25) is 0 Å². The van der Waals surface area contributed by atoms with Gasteiger partial charge in [0.1, 0.15) is 5.75 Å². The molecule has 0 radical (unpaired) electrons. The Kier molecular flexibility index (Phi) is 4.87. The first-order valence-electron chi connectivity index (χ1n) is 6.52. The number of piperidine rings is 1. The van der Waals surface area contributed by atoms with Crippen LogP contribution < -0.4 is 5.32 Å². The van der Waals surface area contributed by atoms with E-state index in [-0.39, 0.29) is 5.75 Å². The molecule has 1 aliphatic heterocycles. The summed E-state index contributed by atoms with van der Waals surface area (Å²) in [5.41, 5.74) is 0.795. The molecule has 0 amide bonds. The molecule has 1 atom stereocenters. The normalized spacial score (nSPS) is 21.1. The van der Waals surface area contributed by atoms with E-state index in [0.717, 1.165) is 18.7 Å². The monoisotopic (exact) mass is 268 g/mol. The van der Waals surface area contributed by atoms with E-state index >= 15 is 0 Å². The van der Waals surface area contributed by atoms with Gasteiger partial charge < -0.3 is 15.3 Å².